The van der Waals surface area contributed by atoms with Gasteiger partial charge >= 0.3 is 18.0 Å². The van der Waals surface area contributed by atoms with Crippen LogP contribution in [0.15, 0.2) is 18.2 Å². The van der Waals surface area contributed by atoms with Crippen LogP contribution in [0.2, 0.25) is 0 Å². The van der Waals surface area contributed by atoms with Crippen molar-refractivity contribution in [1.82, 2.24) is 5.32 Å². The lowest BCUT2D eigenvalue weighted by atomic mass is 10.1. The van der Waals surface area contributed by atoms with Gasteiger partial charge in [-0.2, -0.15) is 0 Å². The molecule has 4 N–H and O–H groups in total. The van der Waals surface area contributed by atoms with Gasteiger partial charge in [0.1, 0.15) is 11.9 Å². The predicted molar refractivity (Wildman–Crippen MR) is 101 cm³/mol. The maximum absolute atomic E-state index is 14.3. The molecule has 0 spiro atoms. The molecule has 0 heterocycles. The summed E-state index contributed by atoms with van der Waals surface area (Å²) in [6.45, 7) is 0.782. The summed E-state index contributed by atoms with van der Waals surface area (Å²) in [5.74, 6) is -2.59. The first kappa shape index (κ1) is 22.8. The van der Waals surface area contributed by atoms with Crippen molar-refractivity contribution in [2.24, 2.45) is 0 Å². The Morgan fingerprint density at radius 2 is 1.78 bits per heavy atom. The van der Waals surface area contributed by atoms with Crippen molar-refractivity contribution in [3.05, 3.63) is 24.0 Å². The van der Waals surface area contributed by atoms with Gasteiger partial charge in [-0.15, -0.1) is 23.2 Å². The number of carbonyl (C=O) groups excluding carboxylic acids is 1. The van der Waals surface area contributed by atoms with Crippen LogP contribution in [-0.4, -0.2) is 59.1 Å². The number of nitrogens with one attached hydrogen (secondary N) is 2. The molecule has 1 atom stereocenters. The van der Waals surface area contributed by atoms with Crippen LogP contribution < -0.4 is 15.5 Å². The van der Waals surface area contributed by atoms with E-state index in [1.54, 1.807) is 4.90 Å². The summed E-state index contributed by atoms with van der Waals surface area (Å²) < 4.78 is 14.3. The lowest BCUT2D eigenvalue weighted by Crippen LogP contribution is -2.43. The van der Waals surface area contributed by atoms with Crippen LogP contribution >= 0.6 is 23.2 Å². The summed E-state index contributed by atoms with van der Waals surface area (Å²) in [5.41, 5.74) is 0.375. The Labute approximate surface area is 165 Å². The van der Waals surface area contributed by atoms with Crippen LogP contribution in [0.3, 0.4) is 0 Å². The van der Waals surface area contributed by atoms with Crippen LogP contribution in [0, 0.1) is 5.82 Å². The number of amides is 2. The minimum atomic E-state index is -1.38. The zero-order valence-corrected chi connectivity index (χ0v) is 15.8. The quantitative estimate of drug-likeness (QED) is 0.406. The Balaban J connectivity index is 2.77. The van der Waals surface area contributed by atoms with Crippen LogP contribution in [0.25, 0.3) is 0 Å². The van der Waals surface area contributed by atoms with E-state index in [4.69, 9.17) is 33.4 Å². The number of urea groups is 1. The van der Waals surface area contributed by atoms with Gasteiger partial charge in [0.05, 0.1) is 5.69 Å². The van der Waals surface area contributed by atoms with Gasteiger partial charge in [-0.25, -0.2) is 14.0 Å². The Kier molecular flexibility index (Phi) is 9.66. The highest BCUT2D eigenvalue weighted by atomic mass is 35.5. The normalized spacial score (nSPS) is 11.5. The van der Waals surface area contributed by atoms with Gasteiger partial charge in [0, 0.05) is 37.0 Å². The van der Waals surface area contributed by atoms with E-state index in [1.807, 2.05) is 0 Å². The summed E-state index contributed by atoms with van der Waals surface area (Å²) >= 11 is 11.4. The highest BCUT2D eigenvalue weighted by molar-refractivity contribution is 6.18. The third-order valence-corrected chi connectivity index (χ3v) is 3.84. The number of rotatable bonds is 11. The minimum Gasteiger partial charge on any atom is -0.481 e. The van der Waals surface area contributed by atoms with E-state index in [0.717, 1.165) is 6.07 Å². The first-order valence-corrected chi connectivity index (χ1v) is 9.04. The molecule has 0 aliphatic heterocycles. The van der Waals surface area contributed by atoms with E-state index in [9.17, 15) is 18.8 Å². The molecule has 8 nitrogen and oxygen atoms in total. The molecule has 27 heavy (non-hydrogen) atoms. The second-order valence-corrected chi connectivity index (χ2v) is 6.21. The van der Waals surface area contributed by atoms with Crippen molar-refractivity contribution >= 4 is 52.5 Å². The third kappa shape index (κ3) is 7.88. The first-order chi connectivity index (χ1) is 12.8. The number of benzene rings is 1. The summed E-state index contributed by atoms with van der Waals surface area (Å²) in [7, 11) is 0. The van der Waals surface area contributed by atoms with Crippen LogP contribution in [0.1, 0.15) is 12.8 Å². The Morgan fingerprint density at radius 1 is 1.15 bits per heavy atom. The summed E-state index contributed by atoms with van der Waals surface area (Å²) in [4.78, 5) is 35.2. The first-order valence-electron chi connectivity index (χ1n) is 7.97. The van der Waals surface area contributed by atoms with Crippen LogP contribution in [0.4, 0.5) is 20.6 Å². The van der Waals surface area contributed by atoms with Crippen LogP contribution in [-0.2, 0) is 9.59 Å². The van der Waals surface area contributed by atoms with Crippen molar-refractivity contribution in [3.8, 4) is 0 Å². The van der Waals surface area contributed by atoms with E-state index in [-0.39, 0.29) is 29.6 Å². The van der Waals surface area contributed by atoms with Gasteiger partial charge in [-0.05, 0) is 24.6 Å². The van der Waals surface area contributed by atoms with Gasteiger partial charge in [0.2, 0.25) is 0 Å². The molecular weight excluding hydrogens is 404 g/mol. The number of hydrogen-bond donors (Lipinski definition) is 4. The lowest BCUT2D eigenvalue weighted by Gasteiger charge is -2.23. The Morgan fingerprint density at radius 3 is 2.26 bits per heavy atom. The molecule has 0 unspecified atom stereocenters. The molecule has 0 aromatic heterocycles. The molecule has 0 radical (unpaired) electrons. The monoisotopic (exact) mass is 423 g/mol. The second kappa shape index (κ2) is 11.5. The minimum absolute atomic E-state index is 0.104. The number of carboxylic acids is 2. The van der Waals surface area contributed by atoms with E-state index in [2.05, 4.69) is 10.6 Å². The molecular formula is C16H20Cl2FN3O5. The van der Waals surface area contributed by atoms with Crippen molar-refractivity contribution in [1.29, 1.82) is 0 Å². The van der Waals surface area contributed by atoms with E-state index in [1.165, 1.54) is 12.1 Å². The summed E-state index contributed by atoms with van der Waals surface area (Å²) in [6, 6.07) is 1.70. The van der Waals surface area contributed by atoms with Gasteiger partial charge in [0.25, 0.3) is 0 Å². The van der Waals surface area contributed by atoms with Gasteiger partial charge in [-0.3, -0.25) is 4.79 Å². The standard InChI is InChI=1S/C16H20Cl2FN3O5/c17-5-7-22(8-6-18)13-3-1-10(9-11(13)19)20-16(27)21-12(15(25)26)2-4-14(23)24/h1,3,9,12H,2,4-8H2,(H,23,24)(H,25,26)(H2,20,21,27)/t12-/m1/s1. The van der Waals surface area contributed by atoms with Gasteiger partial charge in [-0.1, -0.05) is 0 Å². The molecule has 0 aliphatic rings. The maximum Gasteiger partial charge on any atom is 0.326 e. The molecule has 0 fully saturated rings. The molecule has 1 aromatic carbocycles. The lowest BCUT2D eigenvalue weighted by molar-refractivity contribution is -0.140. The number of aliphatic carboxylic acids is 2. The number of halogens is 3. The molecule has 2 amide bonds. The van der Waals surface area contributed by atoms with Crippen molar-refractivity contribution in [2.75, 3.05) is 35.1 Å². The van der Waals surface area contributed by atoms with E-state index < -0.39 is 36.2 Å². The number of carboxylic acid groups (broad SMARTS) is 2. The second-order valence-electron chi connectivity index (χ2n) is 5.45. The molecule has 0 bridgehead atoms. The summed E-state index contributed by atoms with van der Waals surface area (Å²) in [6.07, 6.45) is -0.700. The molecule has 150 valence electrons. The number of anilines is 2. The fourth-order valence-electron chi connectivity index (χ4n) is 2.25. The van der Waals surface area contributed by atoms with E-state index >= 15 is 0 Å². The highest BCUT2D eigenvalue weighted by Gasteiger charge is 2.21. The smallest absolute Gasteiger partial charge is 0.326 e. The predicted octanol–water partition coefficient (Wildman–Crippen LogP) is 2.55. The largest absolute Gasteiger partial charge is 0.481 e. The van der Waals surface area contributed by atoms with Crippen molar-refractivity contribution < 1.29 is 29.0 Å². The average molecular weight is 424 g/mol. The maximum atomic E-state index is 14.3. The fourth-order valence-corrected chi connectivity index (χ4v) is 2.66. The third-order valence-electron chi connectivity index (χ3n) is 3.51. The average Bonchev–Trinajstić information content (AvgIpc) is 2.58. The zero-order chi connectivity index (χ0) is 20.4. The van der Waals surface area contributed by atoms with E-state index in [0.29, 0.717) is 13.1 Å². The molecule has 0 saturated carbocycles. The molecule has 1 rings (SSSR count). The molecule has 1 aromatic rings. The van der Waals surface area contributed by atoms with Gasteiger partial charge in [0.15, 0.2) is 0 Å². The number of carbonyl (C=O) groups is 3. The molecule has 0 saturated heterocycles. The fraction of sp³-hybridized carbons (Fsp3) is 0.438. The highest BCUT2D eigenvalue weighted by Crippen LogP contribution is 2.23. The topological polar surface area (TPSA) is 119 Å². The molecule has 0 aliphatic carbocycles. The number of hydrogen-bond acceptors (Lipinski definition) is 4. The summed E-state index contributed by atoms with van der Waals surface area (Å²) in [5, 5.41) is 22.1. The SMILES string of the molecule is O=C(O)CC[C@@H](NC(=O)Nc1ccc(N(CCCl)CCCl)c(F)c1)C(=O)O. The van der Waals surface area contributed by atoms with Crippen molar-refractivity contribution in [2.45, 2.75) is 18.9 Å². The number of alkyl halides is 2. The Bertz CT molecular complexity index is 671. The molecule has 11 heteroatoms. The van der Waals surface area contributed by atoms with Crippen LogP contribution in [0.5, 0.6) is 0 Å². The Hall–Kier alpha value is -2.26. The van der Waals surface area contributed by atoms with Crippen molar-refractivity contribution in [3.63, 3.8) is 0 Å². The zero-order valence-electron chi connectivity index (χ0n) is 14.3. The van der Waals surface area contributed by atoms with Gasteiger partial charge < -0.3 is 25.7 Å². The number of nitrogens with zero attached hydrogens (tertiary/aromatic N) is 1.